The van der Waals surface area contributed by atoms with Crippen molar-refractivity contribution in [3.63, 3.8) is 0 Å². The summed E-state index contributed by atoms with van der Waals surface area (Å²) in [6.45, 7) is 1.80. The van der Waals surface area contributed by atoms with Crippen LogP contribution in [-0.2, 0) is 0 Å². The predicted octanol–water partition coefficient (Wildman–Crippen LogP) is 2.88. The van der Waals surface area contributed by atoms with Crippen LogP contribution in [0, 0.1) is 12.7 Å². The molecule has 1 amide bonds. The maximum Gasteiger partial charge on any atom is 0.291 e. The normalized spacial score (nSPS) is 11.0. The molecule has 23 heavy (non-hydrogen) atoms. The lowest BCUT2D eigenvalue weighted by molar-refractivity contribution is 0.0950. The average Bonchev–Trinajstić information content (AvgIpc) is 3.17. The molecule has 0 fully saturated rings. The topological polar surface area (TPSA) is 83.3 Å². The number of furan rings is 1. The van der Waals surface area contributed by atoms with E-state index in [9.17, 15) is 9.18 Å². The van der Waals surface area contributed by atoms with Crippen LogP contribution in [0.2, 0.25) is 0 Å². The highest BCUT2D eigenvalue weighted by Crippen LogP contribution is 2.21. The maximum absolute atomic E-state index is 12.9. The number of benzene rings is 1. The Balaban J connectivity index is 1.64. The molecule has 2 N–H and O–H groups in total. The van der Waals surface area contributed by atoms with Gasteiger partial charge in [0.2, 0.25) is 0 Å². The first kappa shape index (κ1) is 14.7. The fourth-order valence-corrected chi connectivity index (χ4v) is 1.94. The summed E-state index contributed by atoms with van der Waals surface area (Å²) in [6.07, 6.45) is 1.38. The van der Waals surface area contributed by atoms with Crippen molar-refractivity contribution in [1.29, 1.82) is 0 Å². The number of carbonyl (C=O) groups is 1. The second kappa shape index (κ2) is 6.27. The molecule has 3 rings (SSSR count). The van der Waals surface area contributed by atoms with Crippen molar-refractivity contribution in [1.82, 2.24) is 15.6 Å². The molecular formula is C16H13FN4O2. The summed E-state index contributed by atoms with van der Waals surface area (Å²) >= 11 is 0. The van der Waals surface area contributed by atoms with Gasteiger partial charge in [0.05, 0.1) is 6.21 Å². The van der Waals surface area contributed by atoms with Gasteiger partial charge in [-0.05, 0) is 49.4 Å². The summed E-state index contributed by atoms with van der Waals surface area (Å²) in [5, 5.41) is 10.3. The highest BCUT2D eigenvalue weighted by atomic mass is 19.1. The molecule has 1 aromatic carbocycles. The third-order valence-electron chi connectivity index (χ3n) is 3.05. The minimum absolute atomic E-state index is 0.256. The van der Waals surface area contributed by atoms with Gasteiger partial charge in [0, 0.05) is 11.3 Å². The van der Waals surface area contributed by atoms with E-state index in [1.54, 1.807) is 37.3 Å². The number of H-pyrrole nitrogens is 1. The van der Waals surface area contributed by atoms with E-state index in [0.29, 0.717) is 11.5 Å². The third-order valence-corrected chi connectivity index (χ3v) is 3.05. The molecule has 0 radical (unpaired) electrons. The van der Waals surface area contributed by atoms with Gasteiger partial charge in [-0.15, -0.1) is 0 Å². The monoisotopic (exact) mass is 312 g/mol. The second-order valence-corrected chi connectivity index (χ2v) is 4.84. The Hall–Kier alpha value is -3.22. The van der Waals surface area contributed by atoms with E-state index in [1.165, 1.54) is 18.3 Å². The van der Waals surface area contributed by atoms with Gasteiger partial charge in [-0.3, -0.25) is 9.89 Å². The highest BCUT2D eigenvalue weighted by Gasteiger charge is 2.08. The van der Waals surface area contributed by atoms with Crippen molar-refractivity contribution >= 4 is 12.1 Å². The maximum atomic E-state index is 12.9. The predicted molar refractivity (Wildman–Crippen MR) is 82.5 cm³/mol. The van der Waals surface area contributed by atoms with Crippen LogP contribution >= 0.6 is 0 Å². The molecule has 3 aromatic rings. The highest BCUT2D eigenvalue weighted by molar-refractivity contribution is 5.93. The second-order valence-electron chi connectivity index (χ2n) is 4.84. The van der Waals surface area contributed by atoms with Gasteiger partial charge in [-0.2, -0.15) is 10.2 Å². The van der Waals surface area contributed by atoms with Crippen molar-refractivity contribution in [3.05, 3.63) is 65.4 Å². The minimum atomic E-state index is -0.420. The van der Waals surface area contributed by atoms with Crippen LogP contribution in [0.15, 0.2) is 52.0 Å². The molecule has 0 aliphatic rings. The van der Waals surface area contributed by atoms with Crippen molar-refractivity contribution in [2.24, 2.45) is 5.10 Å². The number of aromatic nitrogens is 2. The number of hydrogen-bond donors (Lipinski definition) is 2. The molecule has 2 heterocycles. The zero-order valence-electron chi connectivity index (χ0n) is 12.2. The number of amides is 1. The Labute approximate surface area is 131 Å². The SMILES string of the molecule is Cc1cc(C(=O)NN=Cc2ccc(-c3ccc(F)cc3)o2)n[nH]1. The number of carbonyl (C=O) groups excluding carboxylic acids is 1. The smallest absolute Gasteiger partial charge is 0.291 e. The Morgan fingerprint density at radius 2 is 2.09 bits per heavy atom. The molecule has 0 unspecified atom stereocenters. The number of aryl methyl sites for hydroxylation is 1. The quantitative estimate of drug-likeness (QED) is 0.574. The van der Waals surface area contributed by atoms with Crippen LogP contribution in [0.5, 0.6) is 0 Å². The summed E-state index contributed by atoms with van der Waals surface area (Å²) in [5.41, 5.74) is 4.15. The number of aromatic amines is 1. The first-order valence-corrected chi connectivity index (χ1v) is 6.83. The summed E-state index contributed by atoms with van der Waals surface area (Å²) in [5.74, 6) is 0.317. The van der Waals surface area contributed by atoms with Crippen LogP contribution < -0.4 is 5.43 Å². The minimum Gasteiger partial charge on any atom is -0.455 e. The van der Waals surface area contributed by atoms with Crippen molar-refractivity contribution in [2.75, 3.05) is 0 Å². The van der Waals surface area contributed by atoms with Crippen LogP contribution in [0.4, 0.5) is 4.39 Å². The molecule has 0 aliphatic heterocycles. The molecule has 0 spiro atoms. The van der Waals surface area contributed by atoms with E-state index >= 15 is 0 Å². The molecule has 116 valence electrons. The molecule has 0 atom stereocenters. The van der Waals surface area contributed by atoms with Crippen molar-refractivity contribution in [2.45, 2.75) is 6.92 Å². The summed E-state index contributed by atoms with van der Waals surface area (Å²) < 4.78 is 18.4. The number of rotatable bonds is 4. The zero-order chi connectivity index (χ0) is 16.2. The Morgan fingerprint density at radius 1 is 1.30 bits per heavy atom. The lowest BCUT2D eigenvalue weighted by Gasteiger charge is -1.96. The van der Waals surface area contributed by atoms with E-state index in [4.69, 9.17) is 4.42 Å². The van der Waals surface area contributed by atoms with Crippen LogP contribution in [0.3, 0.4) is 0 Å². The van der Waals surface area contributed by atoms with Gasteiger partial charge in [0.15, 0.2) is 5.69 Å². The van der Waals surface area contributed by atoms with Gasteiger partial charge in [0.25, 0.3) is 5.91 Å². The van der Waals surface area contributed by atoms with Gasteiger partial charge < -0.3 is 4.42 Å². The third kappa shape index (κ3) is 3.52. The van der Waals surface area contributed by atoms with Crippen molar-refractivity contribution < 1.29 is 13.6 Å². The van der Waals surface area contributed by atoms with Crippen molar-refractivity contribution in [3.8, 4) is 11.3 Å². The van der Waals surface area contributed by atoms with E-state index in [1.807, 2.05) is 0 Å². The van der Waals surface area contributed by atoms with E-state index < -0.39 is 5.91 Å². The average molecular weight is 312 g/mol. The molecule has 0 saturated heterocycles. The Morgan fingerprint density at radius 3 is 2.78 bits per heavy atom. The number of hydrogen-bond acceptors (Lipinski definition) is 4. The summed E-state index contributed by atoms with van der Waals surface area (Å²) in [6, 6.07) is 11.0. The van der Waals surface area contributed by atoms with Gasteiger partial charge in [0.1, 0.15) is 17.3 Å². The van der Waals surface area contributed by atoms with Crippen LogP contribution in [0.1, 0.15) is 21.9 Å². The summed E-state index contributed by atoms with van der Waals surface area (Å²) in [7, 11) is 0. The Kier molecular flexibility index (Phi) is 4.01. The molecule has 0 bridgehead atoms. The lowest BCUT2D eigenvalue weighted by Crippen LogP contribution is -2.17. The fourth-order valence-electron chi connectivity index (χ4n) is 1.94. The molecule has 0 saturated carbocycles. The molecule has 0 aliphatic carbocycles. The van der Waals surface area contributed by atoms with Crippen LogP contribution in [-0.4, -0.2) is 22.3 Å². The lowest BCUT2D eigenvalue weighted by atomic mass is 10.2. The first-order valence-electron chi connectivity index (χ1n) is 6.83. The molecule has 2 aromatic heterocycles. The van der Waals surface area contributed by atoms with E-state index in [2.05, 4.69) is 20.7 Å². The molecular weight excluding hydrogens is 299 g/mol. The first-order chi connectivity index (χ1) is 11.1. The van der Waals surface area contributed by atoms with Gasteiger partial charge >= 0.3 is 0 Å². The van der Waals surface area contributed by atoms with E-state index in [-0.39, 0.29) is 11.5 Å². The standard InChI is InChI=1S/C16H13FN4O2/c1-10-8-14(20-19-10)16(22)21-18-9-13-6-7-15(23-13)11-2-4-12(17)5-3-11/h2-9H,1H3,(H,19,20)(H,21,22). The van der Waals surface area contributed by atoms with Gasteiger partial charge in [-0.25, -0.2) is 9.82 Å². The number of nitrogens with zero attached hydrogens (tertiary/aromatic N) is 2. The summed E-state index contributed by atoms with van der Waals surface area (Å²) in [4.78, 5) is 11.7. The van der Waals surface area contributed by atoms with Crippen LogP contribution in [0.25, 0.3) is 11.3 Å². The van der Waals surface area contributed by atoms with Gasteiger partial charge in [-0.1, -0.05) is 0 Å². The largest absolute Gasteiger partial charge is 0.455 e. The Bertz CT molecular complexity index is 849. The van der Waals surface area contributed by atoms with E-state index in [0.717, 1.165) is 11.3 Å². The number of nitrogens with one attached hydrogen (secondary N) is 2. The molecule has 7 heteroatoms. The number of halogens is 1. The molecule has 6 nitrogen and oxygen atoms in total. The fraction of sp³-hybridized carbons (Fsp3) is 0.0625. The zero-order valence-corrected chi connectivity index (χ0v) is 12.2. The number of hydrazone groups is 1.